The van der Waals surface area contributed by atoms with E-state index in [1.165, 1.54) is 16.3 Å². The van der Waals surface area contributed by atoms with Gasteiger partial charge in [0.2, 0.25) is 5.91 Å². The number of aryl methyl sites for hydroxylation is 1. The third-order valence-corrected chi connectivity index (χ3v) is 5.95. The van der Waals surface area contributed by atoms with Crippen LogP contribution in [0.3, 0.4) is 0 Å². The Labute approximate surface area is 182 Å². The maximum atomic E-state index is 12.2. The molecule has 0 unspecified atom stereocenters. The third-order valence-electron chi connectivity index (χ3n) is 4.32. The molecule has 0 aliphatic heterocycles. The topological polar surface area (TPSA) is 42.0 Å². The van der Waals surface area contributed by atoms with E-state index in [-0.39, 0.29) is 5.91 Å². The lowest BCUT2D eigenvalue weighted by atomic mass is 10.2. The molecule has 1 amide bonds. The van der Waals surface area contributed by atoms with Gasteiger partial charge in [0.25, 0.3) is 0 Å². The molecule has 4 rings (SSSR count). The number of halogens is 2. The summed E-state index contributed by atoms with van der Waals surface area (Å²) in [6.07, 6.45) is 3.10. The minimum atomic E-state index is -0.237. The molecule has 4 aromatic rings. The minimum Gasteiger partial charge on any atom is -0.323 e. The molecule has 0 aliphatic rings. The monoisotopic (exact) mass is 438 g/mol. The Morgan fingerprint density at radius 1 is 1.03 bits per heavy atom. The van der Waals surface area contributed by atoms with Crippen molar-refractivity contribution in [3.63, 3.8) is 0 Å². The average Bonchev–Trinajstić information content (AvgIpc) is 3.11. The second-order valence-corrected chi connectivity index (χ2v) is 8.43. The molecule has 1 heterocycles. The van der Waals surface area contributed by atoms with Crippen LogP contribution in [0.15, 0.2) is 66.7 Å². The van der Waals surface area contributed by atoms with Gasteiger partial charge in [-0.3, -0.25) is 4.79 Å². The Morgan fingerprint density at radius 3 is 2.59 bits per heavy atom. The standard InChI is InChI=1S/C23H16Cl2N2OS/c1-14-2-10-20-21(12-14)29-23(27-20)16-4-8-18(9-5-16)26-22(28)11-6-15-3-7-17(24)13-19(15)25/h2-13H,1H3,(H,26,28). The van der Waals surface area contributed by atoms with Crippen molar-refractivity contribution in [2.45, 2.75) is 6.92 Å². The van der Waals surface area contributed by atoms with Crippen LogP contribution >= 0.6 is 34.5 Å². The van der Waals surface area contributed by atoms with E-state index >= 15 is 0 Å². The van der Waals surface area contributed by atoms with Crippen LogP contribution < -0.4 is 5.32 Å². The Bertz CT molecular complexity index is 1230. The number of thiazole rings is 1. The van der Waals surface area contributed by atoms with E-state index in [1.54, 1.807) is 35.6 Å². The molecule has 6 heteroatoms. The molecule has 1 aromatic heterocycles. The summed E-state index contributed by atoms with van der Waals surface area (Å²) in [5, 5.41) is 4.86. The molecular formula is C23H16Cl2N2OS. The molecule has 0 saturated carbocycles. The summed E-state index contributed by atoms with van der Waals surface area (Å²) < 4.78 is 1.17. The smallest absolute Gasteiger partial charge is 0.248 e. The van der Waals surface area contributed by atoms with E-state index in [2.05, 4.69) is 24.4 Å². The fourth-order valence-corrected chi connectivity index (χ4v) is 4.38. The summed E-state index contributed by atoms with van der Waals surface area (Å²) in [6, 6.07) is 19.0. The van der Waals surface area contributed by atoms with Gasteiger partial charge in [-0.05, 0) is 72.7 Å². The Hall–Kier alpha value is -2.66. The van der Waals surface area contributed by atoms with Gasteiger partial charge < -0.3 is 5.32 Å². The number of rotatable bonds is 4. The third kappa shape index (κ3) is 4.67. The zero-order chi connectivity index (χ0) is 20.4. The number of amides is 1. The lowest BCUT2D eigenvalue weighted by Gasteiger charge is -2.03. The molecule has 0 radical (unpaired) electrons. The van der Waals surface area contributed by atoms with Crippen LogP contribution in [-0.2, 0) is 4.79 Å². The second kappa shape index (κ2) is 8.37. The van der Waals surface area contributed by atoms with Gasteiger partial charge in [-0.15, -0.1) is 11.3 Å². The fourth-order valence-electron chi connectivity index (χ4n) is 2.84. The fraction of sp³-hybridized carbons (Fsp3) is 0.0435. The van der Waals surface area contributed by atoms with Crippen LogP contribution in [0.1, 0.15) is 11.1 Å². The first-order valence-corrected chi connectivity index (χ1v) is 10.5. The van der Waals surface area contributed by atoms with E-state index in [0.717, 1.165) is 21.7 Å². The van der Waals surface area contributed by atoms with Gasteiger partial charge in [-0.25, -0.2) is 4.98 Å². The highest BCUT2D eigenvalue weighted by atomic mass is 35.5. The molecule has 29 heavy (non-hydrogen) atoms. The van der Waals surface area contributed by atoms with Gasteiger partial charge in [-0.1, -0.05) is 35.3 Å². The van der Waals surface area contributed by atoms with Crippen molar-refractivity contribution in [3.8, 4) is 10.6 Å². The van der Waals surface area contributed by atoms with E-state index in [4.69, 9.17) is 28.2 Å². The summed E-state index contributed by atoms with van der Waals surface area (Å²) in [4.78, 5) is 16.9. The molecule has 1 N–H and O–H groups in total. The number of fused-ring (bicyclic) bond motifs is 1. The number of anilines is 1. The van der Waals surface area contributed by atoms with Crippen molar-refractivity contribution in [3.05, 3.63) is 87.9 Å². The number of benzene rings is 3. The van der Waals surface area contributed by atoms with Crippen molar-refractivity contribution in [2.24, 2.45) is 0 Å². The maximum absolute atomic E-state index is 12.2. The Balaban J connectivity index is 1.46. The Morgan fingerprint density at radius 2 is 1.83 bits per heavy atom. The van der Waals surface area contributed by atoms with E-state index in [9.17, 15) is 4.79 Å². The molecule has 0 bridgehead atoms. The zero-order valence-electron chi connectivity index (χ0n) is 15.4. The summed E-state index contributed by atoms with van der Waals surface area (Å²) in [5.41, 5.74) is 4.68. The minimum absolute atomic E-state index is 0.237. The van der Waals surface area contributed by atoms with E-state index in [0.29, 0.717) is 15.7 Å². The number of carbonyl (C=O) groups is 1. The molecule has 0 atom stereocenters. The molecule has 3 aromatic carbocycles. The van der Waals surface area contributed by atoms with Crippen LogP contribution in [0.2, 0.25) is 10.0 Å². The Kier molecular flexibility index (Phi) is 5.67. The highest BCUT2D eigenvalue weighted by Crippen LogP contribution is 2.31. The number of carbonyl (C=O) groups excluding carboxylic acids is 1. The number of nitrogens with one attached hydrogen (secondary N) is 1. The normalized spacial score (nSPS) is 11.3. The predicted octanol–water partition coefficient (Wildman–Crippen LogP) is 7.23. The van der Waals surface area contributed by atoms with Gasteiger partial charge >= 0.3 is 0 Å². The van der Waals surface area contributed by atoms with E-state index < -0.39 is 0 Å². The van der Waals surface area contributed by atoms with Crippen LogP contribution in [0.25, 0.3) is 26.9 Å². The maximum Gasteiger partial charge on any atom is 0.248 e. The van der Waals surface area contributed by atoms with Gasteiger partial charge in [0.1, 0.15) is 5.01 Å². The van der Waals surface area contributed by atoms with E-state index in [1.807, 2.05) is 30.3 Å². The molecule has 0 fully saturated rings. The van der Waals surface area contributed by atoms with Gasteiger partial charge in [-0.2, -0.15) is 0 Å². The largest absolute Gasteiger partial charge is 0.323 e. The summed E-state index contributed by atoms with van der Waals surface area (Å²) in [7, 11) is 0. The van der Waals surface area contributed by atoms with Crippen LogP contribution in [0.4, 0.5) is 5.69 Å². The first kappa shape index (κ1) is 19.6. The first-order valence-electron chi connectivity index (χ1n) is 8.90. The SMILES string of the molecule is Cc1ccc2nc(-c3ccc(NC(=O)C=Cc4ccc(Cl)cc4Cl)cc3)sc2c1. The van der Waals surface area contributed by atoms with Crippen molar-refractivity contribution in [1.82, 2.24) is 4.98 Å². The highest BCUT2D eigenvalue weighted by molar-refractivity contribution is 7.21. The summed E-state index contributed by atoms with van der Waals surface area (Å²) in [5.74, 6) is -0.237. The molecular weight excluding hydrogens is 423 g/mol. The summed E-state index contributed by atoms with van der Waals surface area (Å²) >= 11 is 13.7. The lowest BCUT2D eigenvalue weighted by Crippen LogP contribution is -2.07. The second-order valence-electron chi connectivity index (χ2n) is 6.56. The van der Waals surface area contributed by atoms with Crippen molar-refractivity contribution < 1.29 is 4.79 Å². The van der Waals surface area contributed by atoms with Gasteiger partial charge in [0.15, 0.2) is 0 Å². The number of nitrogens with zero attached hydrogens (tertiary/aromatic N) is 1. The predicted molar refractivity (Wildman–Crippen MR) is 124 cm³/mol. The van der Waals surface area contributed by atoms with Crippen LogP contribution in [-0.4, -0.2) is 10.9 Å². The number of aromatic nitrogens is 1. The quantitative estimate of drug-likeness (QED) is 0.341. The first-order chi connectivity index (χ1) is 14.0. The summed E-state index contributed by atoms with van der Waals surface area (Å²) in [6.45, 7) is 2.08. The molecule has 0 aliphatic carbocycles. The van der Waals surface area contributed by atoms with Crippen LogP contribution in [0, 0.1) is 6.92 Å². The molecule has 0 saturated heterocycles. The zero-order valence-corrected chi connectivity index (χ0v) is 17.8. The molecule has 3 nitrogen and oxygen atoms in total. The highest BCUT2D eigenvalue weighted by Gasteiger charge is 2.07. The number of hydrogen-bond donors (Lipinski definition) is 1. The van der Waals surface area contributed by atoms with Crippen molar-refractivity contribution >= 4 is 62.4 Å². The molecule has 144 valence electrons. The van der Waals surface area contributed by atoms with Crippen LogP contribution in [0.5, 0.6) is 0 Å². The number of hydrogen-bond acceptors (Lipinski definition) is 3. The molecule has 0 spiro atoms. The lowest BCUT2D eigenvalue weighted by molar-refractivity contribution is -0.111. The van der Waals surface area contributed by atoms with Gasteiger partial charge in [0, 0.05) is 27.4 Å². The van der Waals surface area contributed by atoms with Gasteiger partial charge in [0.05, 0.1) is 10.2 Å². The average molecular weight is 439 g/mol. The van der Waals surface area contributed by atoms with Crippen molar-refractivity contribution in [1.29, 1.82) is 0 Å². The van der Waals surface area contributed by atoms with Crippen molar-refractivity contribution in [2.75, 3.05) is 5.32 Å².